The molecule has 6 rings (SSSR count). The summed E-state index contributed by atoms with van der Waals surface area (Å²) in [5.74, 6) is 0.0831. The number of piperidine rings is 3. The number of alkyl halides is 3. The number of para-hydroxylation sites is 1. The highest BCUT2D eigenvalue weighted by molar-refractivity contribution is 6.33. The van der Waals surface area contributed by atoms with Gasteiger partial charge < -0.3 is 35.2 Å². The van der Waals surface area contributed by atoms with Crippen LogP contribution in [-0.2, 0) is 38.1 Å². The number of ether oxygens (including phenoxy) is 2. The first-order chi connectivity index (χ1) is 25.8. The van der Waals surface area contributed by atoms with E-state index < -0.39 is 35.5 Å². The van der Waals surface area contributed by atoms with Gasteiger partial charge >= 0.3 is 24.3 Å². The summed E-state index contributed by atoms with van der Waals surface area (Å²) in [7, 11) is 1.38. The molecule has 2 aromatic carbocycles. The highest BCUT2D eigenvalue weighted by Crippen LogP contribution is 2.39. The van der Waals surface area contributed by atoms with Crippen molar-refractivity contribution in [2.75, 3.05) is 70.5 Å². The van der Waals surface area contributed by atoms with Gasteiger partial charge in [-0.25, -0.2) is 9.59 Å². The molecular weight excluding hydrogens is 729 g/mol. The number of anilines is 2. The van der Waals surface area contributed by atoms with E-state index in [1.807, 2.05) is 24.3 Å². The molecule has 0 spiro atoms. The number of likely N-dealkylation sites (tertiary alicyclic amines) is 3. The van der Waals surface area contributed by atoms with Crippen LogP contribution in [0.4, 0.5) is 34.1 Å². The molecule has 3 fully saturated rings. The van der Waals surface area contributed by atoms with Crippen LogP contribution in [0.5, 0.6) is 0 Å². The Balaban J connectivity index is 1.09. The third-order valence-corrected chi connectivity index (χ3v) is 11.8. The van der Waals surface area contributed by atoms with Crippen LogP contribution in [0.2, 0.25) is 5.02 Å². The molecule has 4 amide bonds. The monoisotopic (exact) mass is 776 g/mol. The van der Waals surface area contributed by atoms with Crippen molar-refractivity contribution in [1.29, 1.82) is 0 Å². The molecule has 4 heterocycles. The van der Waals surface area contributed by atoms with Crippen molar-refractivity contribution >= 4 is 47.0 Å². The normalized spacial score (nSPS) is 20.2. The summed E-state index contributed by atoms with van der Waals surface area (Å²) in [5.41, 5.74) is 5.83. The zero-order valence-corrected chi connectivity index (χ0v) is 31.2. The Bertz CT molecular complexity index is 1690. The molecule has 0 unspecified atom stereocenters. The number of nitrogens with one attached hydrogen (secondary N) is 1. The number of nitrogens with two attached hydrogens (primary N) is 1. The molecule has 4 aliphatic rings. The summed E-state index contributed by atoms with van der Waals surface area (Å²) in [4.78, 5) is 59.5. The van der Waals surface area contributed by atoms with Crippen molar-refractivity contribution in [2.45, 2.75) is 69.7 Å². The number of carbonyl (C=O) groups excluding carboxylic acids is 4. The van der Waals surface area contributed by atoms with Gasteiger partial charge in [0, 0.05) is 50.9 Å². The van der Waals surface area contributed by atoms with Crippen LogP contribution in [0, 0.1) is 11.8 Å². The zero-order chi connectivity index (χ0) is 38.6. The lowest BCUT2D eigenvalue weighted by atomic mass is 9.78. The molecule has 0 bridgehead atoms. The highest BCUT2D eigenvalue weighted by Gasteiger charge is 2.39. The second-order valence-corrected chi connectivity index (χ2v) is 15.1. The minimum absolute atomic E-state index is 0.0631. The number of hydrogen-bond acceptors (Lipinski definition) is 8. The number of fused-ring (bicyclic) bond motifs is 1. The van der Waals surface area contributed by atoms with Gasteiger partial charge in [-0.1, -0.05) is 29.8 Å². The molecule has 16 heteroatoms. The molecule has 3 N–H and O–H groups in total. The lowest BCUT2D eigenvalue weighted by molar-refractivity contribution is -0.142. The molecule has 2 aromatic rings. The van der Waals surface area contributed by atoms with Gasteiger partial charge in [-0.15, -0.1) is 0 Å². The Morgan fingerprint density at radius 3 is 2.20 bits per heavy atom. The van der Waals surface area contributed by atoms with Crippen LogP contribution >= 0.6 is 11.6 Å². The van der Waals surface area contributed by atoms with E-state index in [1.54, 1.807) is 9.80 Å². The fourth-order valence-electron chi connectivity index (χ4n) is 8.34. The predicted molar refractivity (Wildman–Crippen MR) is 196 cm³/mol. The number of rotatable bonds is 8. The van der Waals surface area contributed by atoms with E-state index in [0.717, 1.165) is 56.1 Å². The summed E-state index contributed by atoms with van der Waals surface area (Å²) in [6, 6.07) is 9.48. The molecule has 294 valence electrons. The standard InChI is InChI=1S/C38H48ClF3N6O6/c1-53-33(49)23-45-13-6-25(7-14-45)26-8-15-46(16-9-26)35(50)32(22-24-20-29(38(40,41)42)34(43)30(39)21-24)54-37(52)47-17-11-28(12-18-47)48-19-10-27-4-2-3-5-31(27)44-36(48)51/h2-5,20-21,25-26,28,32H,6-19,22-23,43H2,1H3,(H,44,51)/t32-/m1/s1. The molecule has 0 saturated carbocycles. The van der Waals surface area contributed by atoms with Gasteiger partial charge in [0.25, 0.3) is 5.91 Å². The topological polar surface area (TPSA) is 138 Å². The van der Waals surface area contributed by atoms with Crippen LogP contribution in [0.1, 0.15) is 55.2 Å². The Kier molecular flexibility index (Phi) is 12.5. The lowest BCUT2D eigenvalue weighted by Gasteiger charge is -2.41. The Labute approximate surface area is 318 Å². The number of esters is 1. The summed E-state index contributed by atoms with van der Waals surface area (Å²) in [6.45, 7) is 3.77. The number of urea groups is 1. The van der Waals surface area contributed by atoms with Crippen LogP contribution in [0.15, 0.2) is 36.4 Å². The summed E-state index contributed by atoms with van der Waals surface area (Å²) < 4.78 is 52.2. The zero-order valence-electron chi connectivity index (χ0n) is 30.4. The van der Waals surface area contributed by atoms with E-state index in [2.05, 4.69) is 10.2 Å². The first kappa shape index (κ1) is 39.5. The number of carbonyl (C=O) groups is 4. The average Bonchev–Trinajstić information content (AvgIpc) is 3.33. The maximum Gasteiger partial charge on any atom is 0.418 e. The smallest absolute Gasteiger partial charge is 0.418 e. The minimum atomic E-state index is -4.78. The molecule has 0 aliphatic carbocycles. The van der Waals surface area contributed by atoms with E-state index in [4.69, 9.17) is 26.8 Å². The number of hydrogen-bond donors (Lipinski definition) is 2. The Morgan fingerprint density at radius 2 is 1.56 bits per heavy atom. The van der Waals surface area contributed by atoms with Gasteiger partial charge in [-0.05, 0) is 99.2 Å². The first-order valence-electron chi connectivity index (χ1n) is 18.6. The lowest BCUT2D eigenvalue weighted by Crippen LogP contribution is -2.52. The number of halogens is 4. The van der Waals surface area contributed by atoms with Crippen LogP contribution in [0.25, 0.3) is 0 Å². The van der Waals surface area contributed by atoms with Crippen molar-refractivity contribution in [2.24, 2.45) is 11.8 Å². The maximum atomic E-state index is 14.1. The second kappa shape index (κ2) is 17.1. The molecule has 1 atom stereocenters. The largest absolute Gasteiger partial charge is 0.468 e. The number of methoxy groups -OCH3 is 1. The van der Waals surface area contributed by atoms with E-state index >= 15 is 0 Å². The number of nitrogens with zero attached hydrogens (tertiary/aromatic N) is 4. The summed E-state index contributed by atoms with van der Waals surface area (Å²) in [5, 5.41) is 2.68. The molecule has 4 aliphatic heterocycles. The van der Waals surface area contributed by atoms with E-state index in [-0.39, 0.29) is 54.7 Å². The van der Waals surface area contributed by atoms with E-state index in [1.165, 1.54) is 18.1 Å². The van der Waals surface area contributed by atoms with Crippen molar-refractivity contribution in [3.8, 4) is 0 Å². The van der Waals surface area contributed by atoms with Crippen molar-refractivity contribution < 1.29 is 41.8 Å². The molecular formula is C38H48ClF3N6O6. The van der Waals surface area contributed by atoms with Crippen LogP contribution in [-0.4, -0.2) is 115 Å². The fraction of sp³-hybridized carbons (Fsp3) is 0.579. The Morgan fingerprint density at radius 1 is 0.926 bits per heavy atom. The van der Waals surface area contributed by atoms with Gasteiger partial charge in [0.05, 0.1) is 29.9 Å². The first-order valence-corrected chi connectivity index (χ1v) is 19.0. The second-order valence-electron chi connectivity index (χ2n) is 14.7. The van der Waals surface area contributed by atoms with E-state index in [0.29, 0.717) is 50.7 Å². The van der Waals surface area contributed by atoms with Crippen molar-refractivity contribution in [3.05, 3.63) is 58.1 Å². The molecule has 0 aromatic heterocycles. The fourth-order valence-corrected chi connectivity index (χ4v) is 8.58. The van der Waals surface area contributed by atoms with Gasteiger partial charge in [-0.3, -0.25) is 14.5 Å². The summed E-state index contributed by atoms with van der Waals surface area (Å²) >= 11 is 6.13. The predicted octanol–water partition coefficient (Wildman–Crippen LogP) is 5.67. The third kappa shape index (κ3) is 9.34. The van der Waals surface area contributed by atoms with Crippen LogP contribution < -0.4 is 11.1 Å². The van der Waals surface area contributed by atoms with E-state index in [9.17, 15) is 32.3 Å². The van der Waals surface area contributed by atoms with Gasteiger partial charge in [0.15, 0.2) is 6.10 Å². The minimum Gasteiger partial charge on any atom is -0.468 e. The number of nitrogen functional groups attached to an aromatic ring is 1. The Hall–Kier alpha value is -4.24. The van der Waals surface area contributed by atoms with Crippen LogP contribution in [0.3, 0.4) is 0 Å². The molecule has 0 radical (unpaired) electrons. The average molecular weight is 777 g/mol. The number of amides is 4. The number of benzene rings is 2. The summed E-state index contributed by atoms with van der Waals surface area (Å²) in [6.07, 6.45) is -2.22. The van der Waals surface area contributed by atoms with Gasteiger partial charge in [0.1, 0.15) is 0 Å². The molecule has 54 heavy (non-hydrogen) atoms. The highest BCUT2D eigenvalue weighted by atomic mass is 35.5. The quantitative estimate of drug-likeness (QED) is 0.259. The van der Waals surface area contributed by atoms with Crippen molar-refractivity contribution in [3.63, 3.8) is 0 Å². The third-order valence-electron chi connectivity index (χ3n) is 11.5. The molecule has 3 saturated heterocycles. The molecule has 12 nitrogen and oxygen atoms in total. The maximum absolute atomic E-state index is 14.1. The SMILES string of the molecule is COC(=O)CN1CCC(C2CCN(C(=O)[C@@H](Cc3cc(Cl)c(N)c(C(F)(F)F)c3)OC(=O)N3CCC(N4CCc5ccccc5NC4=O)CC3)CC2)CC1. The van der Waals surface area contributed by atoms with Gasteiger partial charge in [0.2, 0.25) is 0 Å². The van der Waals surface area contributed by atoms with Crippen molar-refractivity contribution in [1.82, 2.24) is 19.6 Å². The van der Waals surface area contributed by atoms with Gasteiger partial charge in [-0.2, -0.15) is 13.2 Å².